The van der Waals surface area contributed by atoms with Gasteiger partial charge in [0.05, 0.1) is 22.0 Å². The molecule has 1 N–H and O–H groups in total. The van der Waals surface area contributed by atoms with Gasteiger partial charge in [0.2, 0.25) is 0 Å². The molecule has 4 nitrogen and oxygen atoms in total. The van der Waals surface area contributed by atoms with E-state index < -0.39 is 0 Å². The van der Waals surface area contributed by atoms with E-state index in [0.29, 0.717) is 5.02 Å². The van der Waals surface area contributed by atoms with E-state index in [0.717, 1.165) is 39.1 Å². The minimum absolute atomic E-state index is 0.658. The van der Waals surface area contributed by atoms with E-state index in [-0.39, 0.29) is 0 Å². The highest BCUT2D eigenvalue weighted by Gasteiger charge is 2.19. The first-order valence-electron chi connectivity index (χ1n) is 7.71. The maximum absolute atomic E-state index is 6.20. The van der Waals surface area contributed by atoms with Crippen molar-refractivity contribution in [2.45, 2.75) is 6.92 Å². The fourth-order valence-corrected chi connectivity index (χ4v) is 3.49. The molecule has 0 atom stereocenters. The Balaban J connectivity index is 1.70. The lowest BCUT2D eigenvalue weighted by atomic mass is 10.0. The Morgan fingerprint density at radius 1 is 1.04 bits per heavy atom. The molecule has 0 radical (unpaired) electrons. The topological polar surface area (TPSA) is 51.0 Å². The molecule has 0 spiro atoms. The number of halogens is 1. The number of rotatable bonds is 4. The fraction of sp³-hybridized carbons (Fsp3) is 0.0526. The van der Waals surface area contributed by atoms with Crippen molar-refractivity contribution in [3.05, 3.63) is 70.8 Å². The van der Waals surface area contributed by atoms with Gasteiger partial charge in [0.1, 0.15) is 11.5 Å². The van der Waals surface area contributed by atoms with Crippen LogP contribution in [0.4, 0.5) is 10.8 Å². The molecule has 0 aliphatic carbocycles. The van der Waals surface area contributed by atoms with Gasteiger partial charge in [-0.15, -0.1) is 11.3 Å². The Morgan fingerprint density at radius 2 is 1.80 bits per heavy atom. The number of thiazole rings is 1. The maximum atomic E-state index is 6.20. The smallest absolute Gasteiger partial charge is 0.187 e. The number of para-hydroxylation sites is 1. The van der Waals surface area contributed by atoms with E-state index in [1.54, 1.807) is 0 Å². The Hall–Kier alpha value is -2.63. The lowest BCUT2D eigenvalue weighted by molar-refractivity contribution is 0.400. The first-order chi connectivity index (χ1) is 12.2. The van der Waals surface area contributed by atoms with Crippen LogP contribution in [0, 0.1) is 6.92 Å². The highest BCUT2D eigenvalue weighted by molar-refractivity contribution is 7.14. The Bertz CT molecular complexity index is 1010. The van der Waals surface area contributed by atoms with Gasteiger partial charge < -0.3 is 9.84 Å². The molecule has 0 saturated carbocycles. The number of benzene rings is 2. The Kier molecular flexibility index (Phi) is 4.26. The normalized spacial score (nSPS) is 10.8. The van der Waals surface area contributed by atoms with Crippen molar-refractivity contribution in [1.82, 2.24) is 10.1 Å². The number of aryl methyl sites for hydroxylation is 1. The highest BCUT2D eigenvalue weighted by Crippen LogP contribution is 2.36. The zero-order chi connectivity index (χ0) is 17.2. The quantitative estimate of drug-likeness (QED) is 0.468. The van der Waals surface area contributed by atoms with Crippen molar-refractivity contribution in [3.8, 4) is 22.5 Å². The van der Waals surface area contributed by atoms with Crippen molar-refractivity contribution < 1.29 is 4.52 Å². The van der Waals surface area contributed by atoms with E-state index in [4.69, 9.17) is 16.1 Å². The van der Waals surface area contributed by atoms with Crippen LogP contribution < -0.4 is 5.32 Å². The van der Waals surface area contributed by atoms with Crippen LogP contribution in [0.1, 0.15) is 5.76 Å². The minimum atomic E-state index is 0.658. The van der Waals surface area contributed by atoms with E-state index in [1.807, 2.05) is 66.9 Å². The lowest BCUT2D eigenvalue weighted by Gasteiger charge is -2.04. The molecule has 2 aromatic heterocycles. The van der Waals surface area contributed by atoms with Crippen molar-refractivity contribution in [2.24, 2.45) is 0 Å². The summed E-state index contributed by atoms with van der Waals surface area (Å²) in [5, 5.41) is 10.9. The molecule has 2 heterocycles. The summed E-state index contributed by atoms with van der Waals surface area (Å²) in [6.07, 6.45) is 0. The van der Waals surface area contributed by atoms with E-state index in [1.165, 1.54) is 11.3 Å². The van der Waals surface area contributed by atoms with E-state index in [9.17, 15) is 0 Å². The number of hydrogen-bond acceptors (Lipinski definition) is 5. The molecule has 0 bridgehead atoms. The zero-order valence-electron chi connectivity index (χ0n) is 13.4. The van der Waals surface area contributed by atoms with Gasteiger partial charge in [-0.2, -0.15) is 0 Å². The average molecular weight is 368 g/mol. The van der Waals surface area contributed by atoms with Gasteiger partial charge in [-0.1, -0.05) is 59.2 Å². The SMILES string of the molecule is Cc1onc(-c2ccccc2)c1-c1csc(Nc2ccccc2Cl)n1. The van der Waals surface area contributed by atoms with Crippen molar-refractivity contribution in [1.29, 1.82) is 0 Å². The summed E-state index contributed by atoms with van der Waals surface area (Å²) in [5.74, 6) is 0.744. The van der Waals surface area contributed by atoms with Crippen LogP contribution in [0.15, 0.2) is 64.5 Å². The molecule has 0 unspecified atom stereocenters. The summed E-state index contributed by atoms with van der Waals surface area (Å²) >= 11 is 7.71. The summed E-state index contributed by atoms with van der Waals surface area (Å²) in [4.78, 5) is 4.68. The zero-order valence-corrected chi connectivity index (χ0v) is 14.9. The van der Waals surface area contributed by atoms with E-state index in [2.05, 4.69) is 15.5 Å². The predicted octanol–water partition coefficient (Wildman–Crippen LogP) is 6.17. The standard InChI is InChI=1S/C19H14ClN3OS/c1-12-17(18(23-24-12)13-7-3-2-4-8-13)16-11-25-19(22-16)21-15-10-6-5-9-14(15)20/h2-11H,1H3,(H,21,22). The molecule has 0 aliphatic heterocycles. The van der Waals surface area contributed by atoms with Crippen LogP contribution in [0.3, 0.4) is 0 Å². The van der Waals surface area contributed by atoms with Crippen LogP contribution in [0.25, 0.3) is 22.5 Å². The number of nitrogens with zero attached hydrogens (tertiary/aromatic N) is 2. The third-order valence-corrected chi connectivity index (χ3v) is 4.87. The minimum Gasteiger partial charge on any atom is -0.360 e. The summed E-state index contributed by atoms with van der Waals surface area (Å²) in [5.41, 5.74) is 4.37. The molecule has 6 heteroatoms. The third kappa shape index (κ3) is 3.16. The molecular formula is C19H14ClN3OS. The second-order valence-corrected chi connectivity index (χ2v) is 6.74. The predicted molar refractivity (Wildman–Crippen MR) is 103 cm³/mol. The summed E-state index contributed by atoms with van der Waals surface area (Å²) in [6, 6.07) is 17.5. The first kappa shape index (κ1) is 15.9. The van der Waals surface area contributed by atoms with Crippen molar-refractivity contribution >= 4 is 33.8 Å². The average Bonchev–Trinajstić information content (AvgIpc) is 3.24. The molecule has 25 heavy (non-hydrogen) atoms. The van der Waals surface area contributed by atoms with E-state index >= 15 is 0 Å². The third-order valence-electron chi connectivity index (χ3n) is 3.79. The Labute approximate surface area is 154 Å². The number of hydrogen-bond donors (Lipinski definition) is 1. The molecule has 4 rings (SSSR count). The largest absolute Gasteiger partial charge is 0.360 e. The van der Waals surface area contributed by atoms with Crippen LogP contribution in [0.5, 0.6) is 0 Å². The lowest BCUT2D eigenvalue weighted by Crippen LogP contribution is -1.91. The summed E-state index contributed by atoms with van der Waals surface area (Å²) < 4.78 is 5.42. The molecule has 2 aromatic carbocycles. The molecular weight excluding hydrogens is 354 g/mol. The van der Waals surface area contributed by atoms with Crippen LogP contribution in [0.2, 0.25) is 5.02 Å². The highest BCUT2D eigenvalue weighted by atomic mass is 35.5. The van der Waals surface area contributed by atoms with Gasteiger partial charge in [0, 0.05) is 10.9 Å². The van der Waals surface area contributed by atoms with Gasteiger partial charge in [-0.25, -0.2) is 4.98 Å². The van der Waals surface area contributed by atoms with Gasteiger partial charge in [-0.3, -0.25) is 0 Å². The number of anilines is 2. The second kappa shape index (κ2) is 6.70. The van der Waals surface area contributed by atoms with Gasteiger partial charge in [-0.05, 0) is 19.1 Å². The molecule has 124 valence electrons. The fourth-order valence-electron chi connectivity index (χ4n) is 2.59. The van der Waals surface area contributed by atoms with Crippen molar-refractivity contribution in [2.75, 3.05) is 5.32 Å². The van der Waals surface area contributed by atoms with Crippen LogP contribution >= 0.6 is 22.9 Å². The van der Waals surface area contributed by atoms with Crippen LogP contribution in [-0.2, 0) is 0 Å². The van der Waals surface area contributed by atoms with Crippen molar-refractivity contribution in [3.63, 3.8) is 0 Å². The molecule has 0 aliphatic rings. The molecule has 0 fully saturated rings. The monoisotopic (exact) mass is 367 g/mol. The van der Waals surface area contributed by atoms with Gasteiger partial charge in [0.25, 0.3) is 0 Å². The first-order valence-corrected chi connectivity index (χ1v) is 8.97. The number of nitrogens with one attached hydrogen (secondary N) is 1. The Morgan fingerprint density at radius 3 is 2.60 bits per heavy atom. The molecule has 4 aromatic rings. The molecule has 0 saturated heterocycles. The molecule has 0 amide bonds. The van der Waals surface area contributed by atoms with Gasteiger partial charge in [0.15, 0.2) is 5.13 Å². The number of aromatic nitrogens is 2. The second-order valence-electron chi connectivity index (χ2n) is 5.47. The summed E-state index contributed by atoms with van der Waals surface area (Å²) in [7, 11) is 0. The van der Waals surface area contributed by atoms with Gasteiger partial charge >= 0.3 is 0 Å². The maximum Gasteiger partial charge on any atom is 0.187 e. The summed E-state index contributed by atoms with van der Waals surface area (Å²) in [6.45, 7) is 1.90. The van der Waals surface area contributed by atoms with Crippen LogP contribution in [-0.4, -0.2) is 10.1 Å².